The van der Waals surface area contributed by atoms with Crippen LogP contribution >= 0.6 is 0 Å². The molecule has 1 saturated heterocycles. The second kappa shape index (κ2) is 58.1. The van der Waals surface area contributed by atoms with Gasteiger partial charge >= 0.3 is 5.97 Å². The summed E-state index contributed by atoms with van der Waals surface area (Å²) in [7, 11) is 0. The number of carbonyl (C=O) groups is 2. The molecule has 466 valence electrons. The van der Waals surface area contributed by atoms with E-state index in [0.29, 0.717) is 19.4 Å². The predicted octanol–water partition coefficient (Wildman–Crippen LogP) is 16.6. The first-order valence-electron chi connectivity index (χ1n) is 33.5. The molecule has 11 heteroatoms. The van der Waals surface area contributed by atoms with Crippen molar-refractivity contribution < 1.29 is 49.3 Å². The summed E-state index contributed by atoms with van der Waals surface area (Å²) in [5, 5.41) is 54.2. The topological polar surface area (TPSA) is 175 Å². The molecule has 0 aliphatic carbocycles. The van der Waals surface area contributed by atoms with Crippen LogP contribution in [0.3, 0.4) is 0 Å². The van der Waals surface area contributed by atoms with Gasteiger partial charge < -0.3 is 45.1 Å². The van der Waals surface area contributed by atoms with Crippen LogP contribution in [0.15, 0.2) is 60.8 Å². The van der Waals surface area contributed by atoms with Crippen LogP contribution in [0.5, 0.6) is 0 Å². The van der Waals surface area contributed by atoms with Crippen molar-refractivity contribution >= 4 is 11.9 Å². The van der Waals surface area contributed by atoms with Crippen LogP contribution in [0.25, 0.3) is 0 Å². The molecule has 1 amide bonds. The van der Waals surface area contributed by atoms with Crippen molar-refractivity contribution in [3.63, 3.8) is 0 Å². The van der Waals surface area contributed by atoms with Crippen molar-refractivity contribution in [2.75, 3.05) is 19.8 Å². The van der Waals surface area contributed by atoms with Crippen molar-refractivity contribution in [2.45, 2.75) is 346 Å². The number of esters is 1. The van der Waals surface area contributed by atoms with E-state index in [1.807, 2.05) is 19.1 Å². The highest BCUT2D eigenvalue weighted by atomic mass is 16.7. The lowest BCUT2D eigenvalue weighted by molar-refractivity contribution is -0.302. The molecule has 0 aromatic rings. The monoisotopic (exact) mass is 1130 g/mol. The van der Waals surface area contributed by atoms with Crippen molar-refractivity contribution in [2.24, 2.45) is 0 Å². The zero-order chi connectivity index (χ0) is 58.0. The lowest BCUT2D eigenvalue weighted by Crippen LogP contribution is -2.60. The highest BCUT2D eigenvalue weighted by Gasteiger charge is 2.44. The summed E-state index contributed by atoms with van der Waals surface area (Å²) in [6.45, 7) is 4.10. The number of hydrogen-bond donors (Lipinski definition) is 6. The summed E-state index contributed by atoms with van der Waals surface area (Å²) in [5.74, 6) is -0.204. The highest BCUT2D eigenvalue weighted by Crippen LogP contribution is 2.23. The van der Waals surface area contributed by atoms with Gasteiger partial charge in [0.1, 0.15) is 24.4 Å². The second-order valence-corrected chi connectivity index (χ2v) is 23.2. The van der Waals surface area contributed by atoms with E-state index >= 15 is 0 Å². The van der Waals surface area contributed by atoms with Gasteiger partial charge in [0, 0.05) is 12.8 Å². The van der Waals surface area contributed by atoms with Gasteiger partial charge in [-0.2, -0.15) is 0 Å². The Morgan fingerprint density at radius 3 is 1.38 bits per heavy atom. The second-order valence-electron chi connectivity index (χ2n) is 23.2. The van der Waals surface area contributed by atoms with Crippen LogP contribution < -0.4 is 5.32 Å². The van der Waals surface area contributed by atoms with Crippen molar-refractivity contribution in [1.82, 2.24) is 5.32 Å². The Hall–Kier alpha value is -2.64. The summed E-state index contributed by atoms with van der Waals surface area (Å²) in [6, 6.07) is -0.839. The quantitative estimate of drug-likeness (QED) is 0.0195. The molecular formula is C69H125NO10. The molecule has 1 rings (SSSR count). The third-order valence-corrected chi connectivity index (χ3v) is 15.7. The van der Waals surface area contributed by atoms with E-state index in [4.69, 9.17) is 14.2 Å². The lowest BCUT2D eigenvalue weighted by Gasteiger charge is -2.40. The number of rotatable bonds is 58. The van der Waals surface area contributed by atoms with Crippen molar-refractivity contribution in [3.05, 3.63) is 60.8 Å². The molecule has 0 radical (unpaired) electrons. The molecule has 0 bridgehead atoms. The fourth-order valence-electron chi connectivity index (χ4n) is 10.4. The van der Waals surface area contributed by atoms with E-state index in [1.54, 1.807) is 6.08 Å². The average Bonchev–Trinajstić information content (AvgIpc) is 3.45. The molecule has 1 fully saturated rings. The van der Waals surface area contributed by atoms with Crippen LogP contribution in [0.2, 0.25) is 0 Å². The Morgan fingerprint density at radius 1 is 0.487 bits per heavy atom. The van der Waals surface area contributed by atoms with Gasteiger partial charge in [-0.05, 0) is 84.0 Å². The van der Waals surface area contributed by atoms with E-state index in [2.05, 4.69) is 54.8 Å². The molecule has 1 aliphatic rings. The zero-order valence-corrected chi connectivity index (χ0v) is 51.5. The zero-order valence-electron chi connectivity index (χ0n) is 51.5. The first kappa shape index (κ1) is 75.4. The maximum Gasteiger partial charge on any atom is 0.305 e. The van der Waals surface area contributed by atoms with Crippen molar-refractivity contribution in [1.29, 1.82) is 0 Å². The molecule has 1 aliphatic heterocycles. The number of hydrogen-bond acceptors (Lipinski definition) is 10. The maximum atomic E-state index is 13.0. The van der Waals surface area contributed by atoms with Gasteiger partial charge in [-0.3, -0.25) is 9.59 Å². The Bertz CT molecular complexity index is 1510. The van der Waals surface area contributed by atoms with Gasteiger partial charge in [-0.15, -0.1) is 0 Å². The minimum Gasteiger partial charge on any atom is -0.466 e. The highest BCUT2D eigenvalue weighted by molar-refractivity contribution is 5.76. The Labute approximate surface area is 490 Å². The molecule has 7 atom stereocenters. The Morgan fingerprint density at radius 2 is 0.900 bits per heavy atom. The standard InChI is InChI=1S/C69H125NO10/c1-3-5-7-9-11-13-14-15-16-17-28-31-34-37-41-45-49-53-57-65(74)78-58-54-50-46-42-38-35-32-29-26-24-22-20-18-19-21-23-25-27-30-33-36-40-44-48-52-56-64(73)70-61(62(72)55-51-47-43-39-12-10-8-6-4-2)60-79-69-68(77)67(76)66(75)63(59-71)80-69/h4,6,12,19-22,39,51,55,61-63,66-69,71-72,75-77H,3,5,7-11,13-18,23-38,40-50,52-54,56-60H2,1-2H3,(H,70,73)/b6-4+,21-19-,22-20-,39-12+,55-51+. The number of allylic oxidation sites excluding steroid dienone is 9. The largest absolute Gasteiger partial charge is 0.466 e. The van der Waals surface area contributed by atoms with E-state index < -0.39 is 49.5 Å². The van der Waals surface area contributed by atoms with Crippen LogP contribution in [0.1, 0.15) is 303 Å². The third kappa shape index (κ3) is 46.8. The summed E-state index contributed by atoms with van der Waals surface area (Å²) in [6.07, 6.45) is 66.7. The Balaban J connectivity index is 1.96. The SMILES string of the molecule is C/C=C/CC/C=C/CC/C=C/C(O)C(COC1OC(CO)C(O)C(O)C1O)NC(=O)CCCCCCCCCCC/C=C\C/C=C\CCCCCCCCCCCOC(=O)CCCCCCCCCCCCCCCCCCCC. The molecule has 1 heterocycles. The molecule has 11 nitrogen and oxygen atoms in total. The summed E-state index contributed by atoms with van der Waals surface area (Å²) < 4.78 is 16.7. The van der Waals surface area contributed by atoms with Crippen molar-refractivity contribution in [3.8, 4) is 0 Å². The molecule has 0 saturated carbocycles. The van der Waals surface area contributed by atoms with Crippen LogP contribution in [-0.4, -0.2) is 100 Å². The molecular weight excluding hydrogens is 1000 g/mol. The maximum absolute atomic E-state index is 13.0. The molecule has 80 heavy (non-hydrogen) atoms. The Kier molecular flexibility index (Phi) is 54.8. The summed E-state index contributed by atoms with van der Waals surface area (Å²) >= 11 is 0. The van der Waals surface area contributed by atoms with Gasteiger partial charge in [-0.1, -0.05) is 267 Å². The molecule has 6 N–H and O–H groups in total. The minimum absolute atomic E-state index is 0.00175. The third-order valence-electron chi connectivity index (χ3n) is 15.7. The smallest absolute Gasteiger partial charge is 0.305 e. The number of ether oxygens (including phenoxy) is 3. The van der Waals surface area contributed by atoms with Gasteiger partial charge in [0.15, 0.2) is 6.29 Å². The minimum atomic E-state index is -1.58. The fourth-order valence-corrected chi connectivity index (χ4v) is 10.4. The number of unbranched alkanes of at least 4 members (excludes halogenated alkanes) is 37. The van der Waals surface area contributed by atoms with E-state index in [0.717, 1.165) is 89.9 Å². The number of nitrogens with one attached hydrogen (secondary N) is 1. The first-order chi connectivity index (χ1) is 39.2. The number of carbonyl (C=O) groups excluding carboxylic acids is 2. The molecule has 7 unspecified atom stereocenters. The first-order valence-corrected chi connectivity index (χ1v) is 33.5. The molecule has 0 aromatic carbocycles. The number of amides is 1. The fraction of sp³-hybridized carbons (Fsp3) is 0.826. The molecule has 0 aromatic heterocycles. The average molecular weight is 1130 g/mol. The van der Waals surface area contributed by atoms with E-state index in [9.17, 15) is 35.1 Å². The lowest BCUT2D eigenvalue weighted by atomic mass is 9.99. The normalized spacial score (nSPS) is 18.7. The van der Waals surface area contributed by atoms with Crippen LogP contribution in [0, 0.1) is 0 Å². The van der Waals surface area contributed by atoms with E-state index in [-0.39, 0.29) is 18.5 Å². The molecule has 0 spiro atoms. The number of aliphatic hydroxyl groups excluding tert-OH is 5. The summed E-state index contributed by atoms with van der Waals surface area (Å²) in [5.41, 5.74) is 0. The number of aliphatic hydroxyl groups is 5. The van der Waals surface area contributed by atoms with Crippen LogP contribution in [-0.2, 0) is 23.8 Å². The summed E-state index contributed by atoms with van der Waals surface area (Å²) in [4.78, 5) is 25.1. The van der Waals surface area contributed by atoms with Gasteiger partial charge in [0.05, 0.1) is 32.0 Å². The predicted molar refractivity (Wildman–Crippen MR) is 333 cm³/mol. The van der Waals surface area contributed by atoms with Crippen LogP contribution in [0.4, 0.5) is 0 Å². The van der Waals surface area contributed by atoms with Gasteiger partial charge in [0.25, 0.3) is 0 Å². The van der Waals surface area contributed by atoms with Gasteiger partial charge in [0.2, 0.25) is 5.91 Å². The van der Waals surface area contributed by atoms with E-state index in [1.165, 1.54) is 186 Å². The van der Waals surface area contributed by atoms with Gasteiger partial charge in [-0.25, -0.2) is 0 Å².